The number of halogens is 2. The molecule has 0 aromatic heterocycles. The SMILES string of the molecule is CCCCNC(=O)OCCN(CCOC(=O)NCCCC)CCN1CCCCC1.Cl.Cl. The molecule has 0 aromatic carbocycles. The minimum atomic E-state index is -0.360. The average Bonchev–Trinajstić information content (AvgIpc) is 2.73. The Kier molecular flexibility index (Phi) is 23.1. The maximum Gasteiger partial charge on any atom is 0.407 e. The molecule has 186 valence electrons. The summed E-state index contributed by atoms with van der Waals surface area (Å²) in [5.74, 6) is 0. The third-order valence-electron chi connectivity index (χ3n) is 5.06. The highest BCUT2D eigenvalue weighted by Crippen LogP contribution is 2.08. The summed E-state index contributed by atoms with van der Waals surface area (Å²) in [6.07, 6.45) is 7.12. The Morgan fingerprint density at radius 2 is 1.29 bits per heavy atom. The lowest BCUT2D eigenvalue weighted by Gasteiger charge is -2.29. The number of amides is 2. The molecule has 0 unspecified atom stereocenters. The lowest BCUT2D eigenvalue weighted by atomic mass is 10.1. The highest BCUT2D eigenvalue weighted by Gasteiger charge is 2.13. The third kappa shape index (κ3) is 18.3. The van der Waals surface area contributed by atoms with Gasteiger partial charge in [-0.15, -0.1) is 24.8 Å². The summed E-state index contributed by atoms with van der Waals surface area (Å²) in [7, 11) is 0. The maximum atomic E-state index is 11.7. The number of hydrogen-bond acceptors (Lipinski definition) is 6. The molecule has 0 aromatic rings. The number of nitrogens with zero attached hydrogens (tertiary/aromatic N) is 2. The molecule has 1 aliphatic heterocycles. The van der Waals surface area contributed by atoms with Gasteiger partial charge in [-0.3, -0.25) is 4.90 Å². The fraction of sp³-hybridized carbons (Fsp3) is 0.905. The van der Waals surface area contributed by atoms with Crippen LogP contribution in [0.2, 0.25) is 0 Å². The summed E-state index contributed by atoms with van der Waals surface area (Å²) in [4.78, 5) is 28.1. The average molecular weight is 488 g/mol. The first-order valence-corrected chi connectivity index (χ1v) is 11.4. The van der Waals surface area contributed by atoms with Crippen molar-refractivity contribution in [2.75, 3.05) is 65.6 Å². The zero-order valence-electron chi connectivity index (χ0n) is 19.4. The summed E-state index contributed by atoms with van der Waals surface area (Å²) in [6, 6.07) is 0. The second-order valence-electron chi connectivity index (χ2n) is 7.58. The summed E-state index contributed by atoms with van der Waals surface area (Å²) >= 11 is 0. The van der Waals surface area contributed by atoms with E-state index in [0.717, 1.165) is 51.9 Å². The molecule has 0 aliphatic carbocycles. The van der Waals surface area contributed by atoms with Crippen molar-refractivity contribution in [1.29, 1.82) is 0 Å². The second kappa shape index (κ2) is 22.2. The van der Waals surface area contributed by atoms with Gasteiger partial charge in [0.2, 0.25) is 0 Å². The van der Waals surface area contributed by atoms with Crippen LogP contribution in [0.4, 0.5) is 9.59 Å². The fourth-order valence-corrected chi connectivity index (χ4v) is 3.17. The van der Waals surface area contributed by atoms with E-state index in [4.69, 9.17) is 9.47 Å². The number of alkyl carbamates (subject to hydrolysis) is 2. The Hall–Kier alpha value is -0.960. The smallest absolute Gasteiger partial charge is 0.407 e. The number of likely N-dealkylation sites (tertiary alicyclic amines) is 1. The topological polar surface area (TPSA) is 83.1 Å². The van der Waals surface area contributed by atoms with Crippen LogP contribution >= 0.6 is 24.8 Å². The highest BCUT2D eigenvalue weighted by molar-refractivity contribution is 5.85. The Balaban J connectivity index is 0. The van der Waals surface area contributed by atoms with Crippen molar-refractivity contribution in [2.24, 2.45) is 0 Å². The van der Waals surface area contributed by atoms with Crippen molar-refractivity contribution in [3.63, 3.8) is 0 Å². The maximum absolute atomic E-state index is 11.7. The zero-order valence-corrected chi connectivity index (χ0v) is 21.0. The number of carbonyl (C=O) groups is 2. The molecule has 2 N–H and O–H groups in total. The molecular weight excluding hydrogens is 443 g/mol. The first kappa shape index (κ1) is 32.2. The van der Waals surface area contributed by atoms with Crippen molar-refractivity contribution < 1.29 is 19.1 Å². The number of carbonyl (C=O) groups excluding carboxylic acids is 2. The van der Waals surface area contributed by atoms with Gasteiger partial charge in [0.05, 0.1) is 0 Å². The molecule has 1 rings (SSSR count). The van der Waals surface area contributed by atoms with E-state index in [-0.39, 0.29) is 37.0 Å². The minimum Gasteiger partial charge on any atom is -0.448 e. The molecule has 1 saturated heterocycles. The molecule has 0 radical (unpaired) electrons. The van der Waals surface area contributed by atoms with Crippen LogP contribution in [0, 0.1) is 0 Å². The molecular formula is C21H44Cl2N4O4. The third-order valence-corrected chi connectivity index (χ3v) is 5.06. The van der Waals surface area contributed by atoms with Gasteiger partial charge in [0, 0.05) is 39.3 Å². The van der Waals surface area contributed by atoms with E-state index in [9.17, 15) is 9.59 Å². The van der Waals surface area contributed by atoms with E-state index in [0.29, 0.717) is 39.4 Å². The number of nitrogens with one attached hydrogen (secondary N) is 2. The predicted octanol–water partition coefficient (Wildman–Crippen LogP) is 3.67. The van der Waals surface area contributed by atoms with E-state index in [2.05, 4.69) is 34.3 Å². The summed E-state index contributed by atoms with van der Waals surface area (Å²) < 4.78 is 10.6. The largest absolute Gasteiger partial charge is 0.448 e. The van der Waals surface area contributed by atoms with Crippen LogP contribution in [0.3, 0.4) is 0 Å². The molecule has 10 heteroatoms. The van der Waals surface area contributed by atoms with Crippen LogP contribution in [-0.4, -0.2) is 87.6 Å². The quantitative estimate of drug-likeness (QED) is 0.343. The number of rotatable bonds is 15. The van der Waals surface area contributed by atoms with Crippen LogP contribution in [0.25, 0.3) is 0 Å². The normalized spacial score (nSPS) is 13.6. The molecule has 0 spiro atoms. The van der Waals surface area contributed by atoms with Crippen LogP contribution in [-0.2, 0) is 9.47 Å². The summed E-state index contributed by atoms with van der Waals surface area (Å²) in [5.41, 5.74) is 0. The van der Waals surface area contributed by atoms with Crippen LogP contribution in [0.1, 0.15) is 58.8 Å². The number of unbranched alkanes of at least 4 members (excludes halogenated alkanes) is 2. The van der Waals surface area contributed by atoms with Crippen LogP contribution in [0.15, 0.2) is 0 Å². The molecule has 8 nitrogen and oxygen atoms in total. The van der Waals surface area contributed by atoms with Gasteiger partial charge in [0.25, 0.3) is 0 Å². The van der Waals surface area contributed by atoms with Crippen molar-refractivity contribution in [3.8, 4) is 0 Å². The minimum absolute atomic E-state index is 0. The summed E-state index contributed by atoms with van der Waals surface area (Å²) in [6.45, 7) is 11.6. The van der Waals surface area contributed by atoms with Crippen molar-refractivity contribution in [3.05, 3.63) is 0 Å². The van der Waals surface area contributed by atoms with Gasteiger partial charge in [-0.2, -0.15) is 0 Å². The first-order chi connectivity index (χ1) is 14.2. The molecule has 0 atom stereocenters. The van der Waals surface area contributed by atoms with Crippen molar-refractivity contribution in [2.45, 2.75) is 58.8 Å². The van der Waals surface area contributed by atoms with Crippen molar-refractivity contribution in [1.82, 2.24) is 20.4 Å². The number of ether oxygens (including phenoxy) is 2. The van der Waals surface area contributed by atoms with Crippen LogP contribution < -0.4 is 10.6 Å². The monoisotopic (exact) mass is 486 g/mol. The lowest BCUT2D eigenvalue weighted by Crippen LogP contribution is -2.41. The van der Waals surface area contributed by atoms with Gasteiger partial charge < -0.3 is 25.0 Å². The Bertz CT molecular complexity index is 414. The fourth-order valence-electron chi connectivity index (χ4n) is 3.17. The predicted molar refractivity (Wildman–Crippen MR) is 130 cm³/mol. The molecule has 0 saturated carbocycles. The van der Waals surface area contributed by atoms with E-state index in [1.807, 2.05) is 0 Å². The van der Waals surface area contributed by atoms with Gasteiger partial charge in [-0.25, -0.2) is 9.59 Å². The van der Waals surface area contributed by atoms with Crippen LogP contribution in [0.5, 0.6) is 0 Å². The molecule has 1 heterocycles. The van der Waals surface area contributed by atoms with Gasteiger partial charge in [0.1, 0.15) is 13.2 Å². The molecule has 31 heavy (non-hydrogen) atoms. The van der Waals surface area contributed by atoms with Gasteiger partial charge in [-0.05, 0) is 38.8 Å². The number of hydrogen-bond donors (Lipinski definition) is 2. The van der Waals surface area contributed by atoms with E-state index >= 15 is 0 Å². The molecule has 1 fully saturated rings. The number of piperidine rings is 1. The highest BCUT2D eigenvalue weighted by atomic mass is 35.5. The Morgan fingerprint density at radius 1 is 0.806 bits per heavy atom. The zero-order chi connectivity index (χ0) is 21.2. The Labute approximate surface area is 201 Å². The van der Waals surface area contributed by atoms with Gasteiger partial charge >= 0.3 is 12.2 Å². The standard InChI is InChI=1S/C21H42N4O4.2ClH/c1-3-5-10-22-20(26)28-18-16-25(15-14-24-12-8-7-9-13-24)17-19-29-21(27)23-11-6-4-2;;/h3-19H2,1-2H3,(H,22,26)(H,23,27);2*1H. The van der Waals surface area contributed by atoms with Crippen molar-refractivity contribution >= 4 is 37.0 Å². The molecule has 1 aliphatic rings. The molecule has 0 bridgehead atoms. The van der Waals surface area contributed by atoms with E-state index in [1.54, 1.807) is 0 Å². The van der Waals surface area contributed by atoms with Gasteiger partial charge in [0.15, 0.2) is 0 Å². The lowest BCUT2D eigenvalue weighted by molar-refractivity contribution is 0.0987. The Morgan fingerprint density at radius 3 is 1.74 bits per heavy atom. The molecule has 2 amide bonds. The summed E-state index contributed by atoms with van der Waals surface area (Å²) in [5, 5.41) is 5.52. The van der Waals surface area contributed by atoms with E-state index in [1.165, 1.54) is 19.3 Å². The second-order valence-corrected chi connectivity index (χ2v) is 7.58. The first-order valence-electron chi connectivity index (χ1n) is 11.4. The van der Waals surface area contributed by atoms with E-state index < -0.39 is 0 Å². The van der Waals surface area contributed by atoms with Gasteiger partial charge in [-0.1, -0.05) is 33.1 Å².